The van der Waals surface area contributed by atoms with Crippen molar-refractivity contribution in [1.29, 1.82) is 0 Å². The summed E-state index contributed by atoms with van der Waals surface area (Å²) in [5.74, 6) is 0.580. The highest BCUT2D eigenvalue weighted by Crippen LogP contribution is 2.21. The maximum Gasteiger partial charge on any atom is 0.166 e. The summed E-state index contributed by atoms with van der Waals surface area (Å²) in [6.07, 6.45) is 3.85. The van der Waals surface area contributed by atoms with Crippen molar-refractivity contribution in [3.8, 4) is 0 Å². The minimum Gasteiger partial charge on any atom is -0.381 e. The van der Waals surface area contributed by atoms with Crippen LogP contribution in [0.15, 0.2) is 16.7 Å². The Bertz CT molecular complexity index is 383. The first-order valence-corrected chi connectivity index (χ1v) is 6.56. The molecule has 3 nitrogen and oxygen atoms in total. The van der Waals surface area contributed by atoms with Crippen LogP contribution in [0.3, 0.4) is 0 Å². The van der Waals surface area contributed by atoms with Crippen molar-refractivity contribution in [3.05, 3.63) is 22.6 Å². The molecule has 2 rings (SSSR count). The molecule has 0 N–H and O–H groups in total. The number of hydrogen-bond donors (Lipinski definition) is 0. The molecule has 0 aromatic carbocycles. The third-order valence-electron chi connectivity index (χ3n) is 2.94. The summed E-state index contributed by atoms with van der Waals surface area (Å²) < 4.78 is 19.8. The number of ether oxygens (including phenoxy) is 1. The summed E-state index contributed by atoms with van der Waals surface area (Å²) in [7, 11) is 1.87. The second-order valence-corrected chi connectivity index (χ2v) is 5.34. The molecule has 0 amide bonds. The molecule has 0 aliphatic carbocycles. The van der Waals surface area contributed by atoms with Crippen molar-refractivity contribution in [2.45, 2.75) is 12.8 Å². The van der Waals surface area contributed by atoms with Gasteiger partial charge in [0, 0.05) is 30.9 Å². The molecule has 17 heavy (non-hydrogen) atoms. The number of rotatable bonds is 3. The van der Waals surface area contributed by atoms with Crippen LogP contribution < -0.4 is 4.90 Å². The summed E-state index contributed by atoms with van der Waals surface area (Å²) >= 11 is 3.20. The summed E-state index contributed by atoms with van der Waals surface area (Å²) in [5.41, 5.74) is 0. The molecule has 1 atom stereocenters. The molecule has 0 radical (unpaired) electrons. The maximum atomic E-state index is 13.7. The molecule has 0 bridgehead atoms. The first kappa shape index (κ1) is 12.8. The van der Waals surface area contributed by atoms with Gasteiger partial charge in [-0.1, -0.05) is 0 Å². The molecule has 1 aliphatic heterocycles. The van der Waals surface area contributed by atoms with Gasteiger partial charge in [0.1, 0.15) is 0 Å². The monoisotopic (exact) mass is 302 g/mol. The average molecular weight is 303 g/mol. The van der Waals surface area contributed by atoms with E-state index in [0.29, 0.717) is 16.2 Å². The number of halogens is 2. The second-order valence-electron chi connectivity index (χ2n) is 4.42. The van der Waals surface area contributed by atoms with Crippen LogP contribution in [0.25, 0.3) is 0 Å². The first-order valence-electron chi connectivity index (χ1n) is 5.76. The van der Waals surface area contributed by atoms with E-state index in [9.17, 15) is 4.39 Å². The van der Waals surface area contributed by atoms with E-state index in [1.54, 1.807) is 6.20 Å². The van der Waals surface area contributed by atoms with E-state index in [4.69, 9.17) is 4.74 Å². The number of anilines is 1. The zero-order valence-corrected chi connectivity index (χ0v) is 11.4. The lowest BCUT2D eigenvalue weighted by atomic mass is 10.0. The highest BCUT2D eigenvalue weighted by Gasteiger charge is 2.18. The zero-order valence-electron chi connectivity index (χ0n) is 9.83. The van der Waals surface area contributed by atoms with Crippen molar-refractivity contribution in [2.24, 2.45) is 5.92 Å². The van der Waals surface area contributed by atoms with Crippen molar-refractivity contribution in [2.75, 3.05) is 31.7 Å². The van der Waals surface area contributed by atoms with E-state index < -0.39 is 0 Å². The second kappa shape index (κ2) is 5.78. The van der Waals surface area contributed by atoms with Gasteiger partial charge >= 0.3 is 0 Å². The lowest BCUT2D eigenvalue weighted by Crippen LogP contribution is -2.31. The van der Waals surface area contributed by atoms with Gasteiger partial charge in [-0.15, -0.1) is 0 Å². The molecule has 0 unspecified atom stereocenters. The Morgan fingerprint density at radius 2 is 2.47 bits per heavy atom. The molecule has 94 valence electrons. The molecule has 1 aromatic rings. The fourth-order valence-electron chi connectivity index (χ4n) is 2.11. The maximum absolute atomic E-state index is 13.7. The average Bonchev–Trinajstić information content (AvgIpc) is 2.30. The van der Waals surface area contributed by atoms with Gasteiger partial charge in [0.2, 0.25) is 0 Å². The van der Waals surface area contributed by atoms with Crippen LogP contribution in [-0.4, -0.2) is 31.8 Å². The van der Waals surface area contributed by atoms with Crippen LogP contribution in [0.5, 0.6) is 0 Å². The highest BCUT2D eigenvalue weighted by atomic mass is 79.9. The summed E-state index contributed by atoms with van der Waals surface area (Å²) in [5, 5.41) is 0. The Morgan fingerprint density at radius 3 is 3.12 bits per heavy atom. The quantitative estimate of drug-likeness (QED) is 0.858. The van der Waals surface area contributed by atoms with Gasteiger partial charge in [0.25, 0.3) is 0 Å². The molecule has 1 fully saturated rings. The number of aromatic nitrogens is 1. The van der Waals surface area contributed by atoms with E-state index in [2.05, 4.69) is 20.9 Å². The number of pyridine rings is 1. The highest BCUT2D eigenvalue weighted by molar-refractivity contribution is 9.10. The fraction of sp³-hybridized carbons (Fsp3) is 0.583. The van der Waals surface area contributed by atoms with E-state index >= 15 is 0 Å². The summed E-state index contributed by atoms with van der Waals surface area (Å²) in [6, 6.07) is 1.44. The zero-order chi connectivity index (χ0) is 12.3. The number of hydrogen-bond acceptors (Lipinski definition) is 3. The van der Waals surface area contributed by atoms with Gasteiger partial charge in [0.15, 0.2) is 11.6 Å². The minimum absolute atomic E-state index is 0.293. The molecule has 1 aromatic heterocycles. The Hall–Kier alpha value is -0.680. The van der Waals surface area contributed by atoms with Gasteiger partial charge in [-0.2, -0.15) is 0 Å². The Labute approximate surface area is 109 Å². The largest absolute Gasteiger partial charge is 0.381 e. The van der Waals surface area contributed by atoms with Crippen molar-refractivity contribution < 1.29 is 9.13 Å². The van der Waals surface area contributed by atoms with Gasteiger partial charge in [-0.3, -0.25) is 0 Å². The van der Waals surface area contributed by atoms with E-state index in [1.807, 2.05) is 11.9 Å². The Morgan fingerprint density at radius 1 is 1.65 bits per heavy atom. The normalized spacial score (nSPS) is 20.3. The summed E-state index contributed by atoms with van der Waals surface area (Å²) in [6.45, 7) is 2.40. The van der Waals surface area contributed by atoms with Crippen molar-refractivity contribution in [1.82, 2.24) is 4.98 Å². The van der Waals surface area contributed by atoms with Crippen LogP contribution in [0, 0.1) is 11.7 Å². The van der Waals surface area contributed by atoms with Gasteiger partial charge < -0.3 is 9.64 Å². The van der Waals surface area contributed by atoms with Gasteiger partial charge in [-0.25, -0.2) is 9.37 Å². The van der Waals surface area contributed by atoms with E-state index in [0.717, 1.165) is 32.6 Å². The minimum atomic E-state index is -0.293. The van der Waals surface area contributed by atoms with Crippen molar-refractivity contribution >= 4 is 21.7 Å². The van der Waals surface area contributed by atoms with Crippen LogP contribution >= 0.6 is 15.9 Å². The molecule has 0 spiro atoms. The molecule has 1 saturated heterocycles. The SMILES string of the molecule is CN(C[C@H]1CCCOC1)c1ncc(Br)cc1F. The van der Waals surface area contributed by atoms with Crippen molar-refractivity contribution in [3.63, 3.8) is 0 Å². The Balaban J connectivity index is 2.00. The summed E-state index contributed by atoms with van der Waals surface area (Å²) in [4.78, 5) is 5.97. The molecule has 5 heteroatoms. The van der Waals surface area contributed by atoms with E-state index in [-0.39, 0.29) is 5.82 Å². The topological polar surface area (TPSA) is 25.4 Å². The fourth-order valence-corrected chi connectivity index (χ4v) is 2.42. The van der Waals surface area contributed by atoms with Crippen LogP contribution in [0.4, 0.5) is 10.2 Å². The molecule has 0 saturated carbocycles. The third kappa shape index (κ3) is 3.39. The smallest absolute Gasteiger partial charge is 0.166 e. The lowest BCUT2D eigenvalue weighted by molar-refractivity contribution is 0.0575. The molecule has 1 aliphatic rings. The standard InChI is InChI=1S/C12H16BrFN2O/c1-16(7-9-3-2-4-17-8-9)12-11(14)5-10(13)6-15-12/h5-6,9H,2-4,7-8H2,1H3/t9-/m1/s1. The van der Waals surface area contributed by atoms with Crippen LogP contribution in [0.1, 0.15) is 12.8 Å². The Kier molecular flexibility index (Phi) is 4.34. The molecule has 2 heterocycles. The van der Waals surface area contributed by atoms with Crippen LogP contribution in [-0.2, 0) is 4.74 Å². The lowest BCUT2D eigenvalue weighted by Gasteiger charge is -2.27. The predicted molar refractivity (Wildman–Crippen MR) is 68.7 cm³/mol. The third-order valence-corrected chi connectivity index (χ3v) is 3.37. The first-order chi connectivity index (χ1) is 8.16. The predicted octanol–water partition coefficient (Wildman–Crippen LogP) is 2.85. The van der Waals surface area contributed by atoms with Crippen LogP contribution in [0.2, 0.25) is 0 Å². The van der Waals surface area contributed by atoms with E-state index in [1.165, 1.54) is 6.07 Å². The van der Waals surface area contributed by atoms with Gasteiger partial charge in [0.05, 0.1) is 6.61 Å². The van der Waals surface area contributed by atoms with Gasteiger partial charge in [-0.05, 0) is 40.8 Å². The molecular weight excluding hydrogens is 287 g/mol. The molecular formula is C12H16BrFN2O. The number of nitrogens with zero attached hydrogens (tertiary/aromatic N) is 2.